The topological polar surface area (TPSA) is 38.9 Å². The average molecular weight is 272 g/mol. The summed E-state index contributed by atoms with van der Waals surface area (Å²) >= 11 is 1.88. The SMILES string of the molecule is Cc1cccc(CSCc2ncc(C)c(N)c2C)c1. The number of hydrogen-bond donors (Lipinski definition) is 1. The van der Waals surface area contributed by atoms with E-state index in [1.807, 2.05) is 24.9 Å². The molecule has 2 nitrogen and oxygen atoms in total. The predicted octanol–water partition coefficient (Wildman–Crippen LogP) is 4.02. The Morgan fingerprint density at radius 3 is 2.68 bits per heavy atom. The lowest BCUT2D eigenvalue weighted by molar-refractivity contribution is 1.11. The Bertz CT molecular complexity index is 579. The summed E-state index contributed by atoms with van der Waals surface area (Å²) in [6.07, 6.45) is 1.87. The van der Waals surface area contributed by atoms with Crippen LogP contribution >= 0.6 is 11.8 Å². The highest BCUT2D eigenvalue weighted by Crippen LogP contribution is 2.23. The molecule has 2 rings (SSSR count). The summed E-state index contributed by atoms with van der Waals surface area (Å²) in [5.74, 6) is 1.92. The summed E-state index contributed by atoms with van der Waals surface area (Å²) in [4.78, 5) is 4.49. The van der Waals surface area contributed by atoms with E-state index in [0.29, 0.717) is 0 Å². The van der Waals surface area contributed by atoms with Gasteiger partial charge in [0.15, 0.2) is 0 Å². The number of benzene rings is 1. The maximum atomic E-state index is 6.04. The van der Waals surface area contributed by atoms with Gasteiger partial charge in [-0.15, -0.1) is 0 Å². The number of nitrogens with two attached hydrogens (primary N) is 1. The minimum Gasteiger partial charge on any atom is -0.398 e. The highest BCUT2D eigenvalue weighted by Gasteiger charge is 2.06. The first-order valence-corrected chi connectivity index (χ1v) is 7.57. The van der Waals surface area contributed by atoms with Gasteiger partial charge in [-0.1, -0.05) is 29.8 Å². The lowest BCUT2D eigenvalue weighted by Crippen LogP contribution is -2.00. The molecule has 0 atom stereocenters. The fraction of sp³-hybridized carbons (Fsp3) is 0.312. The number of pyridine rings is 1. The van der Waals surface area contributed by atoms with Crippen molar-refractivity contribution in [3.05, 3.63) is 58.4 Å². The summed E-state index contributed by atoms with van der Waals surface area (Å²) in [5.41, 5.74) is 12.9. The zero-order valence-corrected chi connectivity index (χ0v) is 12.6. The van der Waals surface area contributed by atoms with Gasteiger partial charge in [0.25, 0.3) is 0 Å². The smallest absolute Gasteiger partial charge is 0.0552 e. The number of hydrogen-bond acceptors (Lipinski definition) is 3. The van der Waals surface area contributed by atoms with E-state index in [0.717, 1.165) is 34.0 Å². The first-order valence-electron chi connectivity index (χ1n) is 6.41. The maximum Gasteiger partial charge on any atom is 0.0552 e. The number of rotatable bonds is 4. The van der Waals surface area contributed by atoms with Crippen molar-refractivity contribution < 1.29 is 0 Å². The zero-order valence-electron chi connectivity index (χ0n) is 11.7. The molecule has 0 aliphatic rings. The van der Waals surface area contributed by atoms with Crippen LogP contribution in [0.4, 0.5) is 5.69 Å². The van der Waals surface area contributed by atoms with E-state index in [2.05, 4.69) is 43.1 Å². The summed E-state index contributed by atoms with van der Waals surface area (Å²) in [5, 5.41) is 0. The molecule has 2 N–H and O–H groups in total. The van der Waals surface area contributed by atoms with Gasteiger partial charge in [0, 0.05) is 23.4 Å². The van der Waals surface area contributed by atoms with Crippen LogP contribution in [0.2, 0.25) is 0 Å². The van der Waals surface area contributed by atoms with Crippen LogP contribution in [0.1, 0.15) is 27.9 Å². The summed E-state index contributed by atoms with van der Waals surface area (Å²) < 4.78 is 0. The number of nitrogen functional groups attached to an aromatic ring is 1. The highest BCUT2D eigenvalue weighted by molar-refractivity contribution is 7.97. The van der Waals surface area contributed by atoms with Crippen molar-refractivity contribution in [3.63, 3.8) is 0 Å². The van der Waals surface area contributed by atoms with Crippen molar-refractivity contribution in [3.8, 4) is 0 Å². The van der Waals surface area contributed by atoms with Gasteiger partial charge in [-0.25, -0.2) is 0 Å². The van der Waals surface area contributed by atoms with E-state index < -0.39 is 0 Å². The summed E-state index contributed by atoms with van der Waals surface area (Å²) in [7, 11) is 0. The molecule has 1 heterocycles. The zero-order chi connectivity index (χ0) is 13.8. The monoisotopic (exact) mass is 272 g/mol. The van der Waals surface area contributed by atoms with Crippen molar-refractivity contribution in [1.82, 2.24) is 4.98 Å². The first-order chi connectivity index (χ1) is 9.08. The van der Waals surface area contributed by atoms with Crippen LogP contribution in [-0.2, 0) is 11.5 Å². The molecule has 2 aromatic rings. The normalized spacial score (nSPS) is 10.7. The molecule has 1 aromatic carbocycles. The fourth-order valence-corrected chi connectivity index (χ4v) is 3.01. The van der Waals surface area contributed by atoms with Crippen LogP contribution < -0.4 is 5.73 Å². The van der Waals surface area contributed by atoms with Crippen LogP contribution in [0.15, 0.2) is 30.5 Å². The van der Waals surface area contributed by atoms with E-state index in [4.69, 9.17) is 5.73 Å². The van der Waals surface area contributed by atoms with Crippen LogP contribution in [-0.4, -0.2) is 4.98 Å². The van der Waals surface area contributed by atoms with Gasteiger partial charge in [-0.05, 0) is 37.5 Å². The van der Waals surface area contributed by atoms with Crippen molar-refractivity contribution in [2.45, 2.75) is 32.3 Å². The number of aromatic nitrogens is 1. The maximum absolute atomic E-state index is 6.04. The first kappa shape index (κ1) is 13.9. The molecule has 0 bridgehead atoms. The Balaban J connectivity index is 1.98. The molecular weight excluding hydrogens is 252 g/mol. The van der Waals surface area contributed by atoms with Crippen molar-refractivity contribution >= 4 is 17.4 Å². The van der Waals surface area contributed by atoms with E-state index in [1.165, 1.54) is 11.1 Å². The molecule has 0 aliphatic heterocycles. The Hall–Kier alpha value is -1.48. The Morgan fingerprint density at radius 1 is 1.16 bits per heavy atom. The minimum atomic E-state index is 0.876. The second-order valence-corrected chi connectivity index (χ2v) is 5.89. The Labute approximate surface area is 119 Å². The van der Waals surface area contributed by atoms with Crippen LogP contribution in [0.3, 0.4) is 0 Å². The van der Waals surface area contributed by atoms with E-state index in [1.54, 1.807) is 0 Å². The molecule has 0 aliphatic carbocycles. The molecule has 0 spiro atoms. The number of thioether (sulfide) groups is 1. The predicted molar refractivity (Wildman–Crippen MR) is 84.3 cm³/mol. The van der Waals surface area contributed by atoms with Gasteiger partial charge >= 0.3 is 0 Å². The number of aryl methyl sites for hydroxylation is 2. The van der Waals surface area contributed by atoms with Gasteiger partial charge in [0.2, 0.25) is 0 Å². The molecule has 3 heteroatoms. The van der Waals surface area contributed by atoms with Crippen molar-refractivity contribution in [2.75, 3.05) is 5.73 Å². The third-order valence-corrected chi connectivity index (χ3v) is 4.28. The number of nitrogens with zero attached hydrogens (tertiary/aromatic N) is 1. The molecule has 0 saturated heterocycles. The fourth-order valence-electron chi connectivity index (χ4n) is 2.01. The summed E-state index contributed by atoms with van der Waals surface area (Å²) in [6.45, 7) is 6.18. The van der Waals surface area contributed by atoms with Crippen molar-refractivity contribution in [2.24, 2.45) is 0 Å². The molecule has 19 heavy (non-hydrogen) atoms. The van der Waals surface area contributed by atoms with Crippen LogP contribution in [0.5, 0.6) is 0 Å². The highest BCUT2D eigenvalue weighted by atomic mass is 32.2. The minimum absolute atomic E-state index is 0.876. The van der Waals surface area contributed by atoms with E-state index in [-0.39, 0.29) is 0 Å². The lowest BCUT2D eigenvalue weighted by atomic mass is 10.1. The van der Waals surface area contributed by atoms with E-state index in [9.17, 15) is 0 Å². The van der Waals surface area contributed by atoms with Gasteiger partial charge in [0.05, 0.1) is 5.69 Å². The molecular formula is C16H20N2S. The third-order valence-electron chi connectivity index (χ3n) is 3.27. The third kappa shape index (κ3) is 3.51. The van der Waals surface area contributed by atoms with E-state index >= 15 is 0 Å². The standard InChI is InChI=1S/C16H20N2S/c1-11-5-4-6-14(7-11)9-19-10-15-13(3)16(17)12(2)8-18-15/h4-8H,9-10H2,1-3H3,(H2,17,18). The Morgan fingerprint density at radius 2 is 1.95 bits per heavy atom. The molecule has 0 radical (unpaired) electrons. The number of anilines is 1. The van der Waals surface area contributed by atoms with Crippen molar-refractivity contribution in [1.29, 1.82) is 0 Å². The molecule has 100 valence electrons. The van der Waals surface area contributed by atoms with Gasteiger partial charge in [0.1, 0.15) is 0 Å². The average Bonchev–Trinajstić information content (AvgIpc) is 2.39. The quantitative estimate of drug-likeness (QED) is 0.913. The van der Waals surface area contributed by atoms with Gasteiger partial charge in [-0.3, -0.25) is 4.98 Å². The molecule has 0 amide bonds. The van der Waals surface area contributed by atoms with Crippen LogP contribution in [0.25, 0.3) is 0 Å². The van der Waals surface area contributed by atoms with Gasteiger partial charge in [-0.2, -0.15) is 11.8 Å². The lowest BCUT2D eigenvalue weighted by Gasteiger charge is -2.09. The second-order valence-electron chi connectivity index (χ2n) is 4.91. The largest absolute Gasteiger partial charge is 0.398 e. The summed E-state index contributed by atoms with van der Waals surface area (Å²) in [6, 6.07) is 8.64. The molecule has 0 fully saturated rings. The Kier molecular flexibility index (Phi) is 4.48. The molecule has 0 saturated carbocycles. The molecule has 1 aromatic heterocycles. The molecule has 0 unspecified atom stereocenters. The van der Waals surface area contributed by atoms with Gasteiger partial charge < -0.3 is 5.73 Å². The van der Waals surface area contributed by atoms with Crippen LogP contribution in [0, 0.1) is 20.8 Å². The second kappa shape index (κ2) is 6.11.